The van der Waals surface area contributed by atoms with Gasteiger partial charge in [0.15, 0.2) is 7.37 Å². The predicted octanol–water partition coefficient (Wildman–Crippen LogP) is 2.23. The summed E-state index contributed by atoms with van der Waals surface area (Å²) in [6.07, 6.45) is 2.57. The fourth-order valence-corrected chi connectivity index (χ4v) is 2.42. The van der Waals surface area contributed by atoms with Gasteiger partial charge in [-0.3, -0.25) is 4.57 Å². The summed E-state index contributed by atoms with van der Waals surface area (Å²) in [5.41, 5.74) is 0. The first-order chi connectivity index (χ1) is 5.51. The maximum atomic E-state index is 11.3. The van der Waals surface area contributed by atoms with E-state index in [1.54, 1.807) is 13.3 Å². The van der Waals surface area contributed by atoms with E-state index in [1.807, 2.05) is 0 Å². The summed E-state index contributed by atoms with van der Waals surface area (Å²) in [5, 5.41) is 8.61. The topological polar surface area (TPSA) is 50.1 Å². The summed E-state index contributed by atoms with van der Waals surface area (Å²) in [6, 6.07) is 2.21. The Labute approximate surface area is 73.2 Å². The molecule has 68 valence electrons. The van der Waals surface area contributed by atoms with Crippen LogP contribution in [0.1, 0.15) is 19.3 Å². The normalized spacial score (nSPS) is 30.1. The zero-order valence-corrected chi connectivity index (χ0v) is 8.38. The van der Waals surface area contributed by atoms with E-state index >= 15 is 0 Å². The summed E-state index contributed by atoms with van der Waals surface area (Å²) in [7, 11) is -2.36. The maximum absolute atomic E-state index is 11.3. The van der Waals surface area contributed by atoms with E-state index in [0.717, 1.165) is 19.3 Å². The summed E-state index contributed by atoms with van der Waals surface area (Å²) in [6.45, 7) is 3.24. The summed E-state index contributed by atoms with van der Waals surface area (Å²) in [5.74, 6) is 0.113. The van der Waals surface area contributed by atoms with Gasteiger partial charge in [-0.25, -0.2) is 0 Å². The second-order valence-electron chi connectivity index (χ2n) is 3.62. The van der Waals surface area contributed by atoms with E-state index in [2.05, 4.69) is 6.07 Å². The Morgan fingerprint density at radius 2 is 2.17 bits per heavy atom. The first-order valence-corrected chi connectivity index (χ1v) is 6.66. The summed E-state index contributed by atoms with van der Waals surface area (Å²) < 4.78 is 16.6. The zero-order valence-electron chi connectivity index (χ0n) is 7.49. The van der Waals surface area contributed by atoms with Crippen LogP contribution in [0, 0.1) is 17.2 Å². The lowest BCUT2D eigenvalue weighted by Gasteiger charge is -2.14. The van der Waals surface area contributed by atoms with Crippen LogP contribution in [0.15, 0.2) is 0 Å². The Kier molecular flexibility index (Phi) is 2.93. The molecule has 2 atom stereocenters. The van der Waals surface area contributed by atoms with Crippen LogP contribution in [-0.2, 0) is 9.09 Å². The standard InChI is InChI=1S/C8H14NO2P/c1-12(2,10)11-8-4-3-7(5-8)6-9/h7-8H,3-5H2,1-2H3. The predicted molar refractivity (Wildman–Crippen MR) is 47.3 cm³/mol. The summed E-state index contributed by atoms with van der Waals surface area (Å²) >= 11 is 0. The highest BCUT2D eigenvalue weighted by atomic mass is 31.2. The molecule has 4 heteroatoms. The smallest absolute Gasteiger partial charge is 0.197 e. The number of nitriles is 1. The Bertz CT molecular complexity index is 240. The molecule has 2 unspecified atom stereocenters. The molecule has 0 radical (unpaired) electrons. The van der Waals surface area contributed by atoms with E-state index < -0.39 is 7.37 Å². The van der Waals surface area contributed by atoms with Crippen LogP contribution in [0.4, 0.5) is 0 Å². The van der Waals surface area contributed by atoms with Crippen LogP contribution in [0.25, 0.3) is 0 Å². The van der Waals surface area contributed by atoms with Crippen molar-refractivity contribution in [2.24, 2.45) is 5.92 Å². The molecule has 0 aromatic rings. The maximum Gasteiger partial charge on any atom is 0.197 e. The average Bonchev–Trinajstić information content (AvgIpc) is 2.32. The van der Waals surface area contributed by atoms with E-state index in [1.165, 1.54) is 0 Å². The zero-order chi connectivity index (χ0) is 9.19. The van der Waals surface area contributed by atoms with Crippen molar-refractivity contribution in [3.8, 4) is 6.07 Å². The van der Waals surface area contributed by atoms with Crippen LogP contribution in [-0.4, -0.2) is 19.4 Å². The molecule has 0 saturated heterocycles. The van der Waals surface area contributed by atoms with Gasteiger partial charge in [0.25, 0.3) is 0 Å². The molecule has 1 rings (SSSR count). The van der Waals surface area contributed by atoms with Crippen molar-refractivity contribution in [1.29, 1.82) is 5.26 Å². The molecule has 1 aliphatic carbocycles. The van der Waals surface area contributed by atoms with Gasteiger partial charge in [0, 0.05) is 19.2 Å². The fourth-order valence-electron chi connectivity index (χ4n) is 1.51. The van der Waals surface area contributed by atoms with Gasteiger partial charge < -0.3 is 4.52 Å². The minimum Gasteiger partial charge on any atom is -0.325 e. The number of rotatable bonds is 2. The minimum absolute atomic E-state index is 0.0514. The molecule has 0 aliphatic heterocycles. The van der Waals surface area contributed by atoms with Crippen molar-refractivity contribution in [2.45, 2.75) is 25.4 Å². The van der Waals surface area contributed by atoms with Crippen molar-refractivity contribution >= 4 is 7.37 Å². The first-order valence-electron chi connectivity index (χ1n) is 4.14. The Balaban J connectivity index is 2.39. The van der Waals surface area contributed by atoms with E-state index in [9.17, 15) is 4.57 Å². The van der Waals surface area contributed by atoms with Gasteiger partial charge in [0.05, 0.1) is 12.2 Å². The monoisotopic (exact) mass is 187 g/mol. The Morgan fingerprint density at radius 3 is 2.58 bits per heavy atom. The van der Waals surface area contributed by atoms with Gasteiger partial charge in [-0.15, -0.1) is 0 Å². The van der Waals surface area contributed by atoms with Crippen molar-refractivity contribution < 1.29 is 9.09 Å². The van der Waals surface area contributed by atoms with Crippen molar-refractivity contribution in [2.75, 3.05) is 13.3 Å². The molecule has 0 amide bonds. The highest BCUT2D eigenvalue weighted by molar-refractivity contribution is 7.57. The van der Waals surface area contributed by atoms with Crippen molar-refractivity contribution in [3.63, 3.8) is 0 Å². The average molecular weight is 187 g/mol. The quantitative estimate of drug-likeness (QED) is 0.623. The van der Waals surface area contributed by atoms with Gasteiger partial charge in [-0.2, -0.15) is 5.26 Å². The number of nitrogens with zero attached hydrogens (tertiary/aromatic N) is 1. The molecular formula is C8H14NO2P. The van der Waals surface area contributed by atoms with Gasteiger partial charge in [0.1, 0.15) is 0 Å². The van der Waals surface area contributed by atoms with Gasteiger partial charge >= 0.3 is 0 Å². The Morgan fingerprint density at radius 1 is 1.50 bits per heavy atom. The van der Waals surface area contributed by atoms with Gasteiger partial charge in [-0.1, -0.05) is 0 Å². The second kappa shape index (κ2) is 3.60. The second-order valence-corrected chi connectivity index (χ2v) is 6.33. The Hall–Kier alpha value is -0.320. The largest absolute Gasteiger partial charge is 0.325 e. The van der Waals surface area contributed by atoms with Crippen LogP contribution in [0.2, 0.25) is 0 Å². The molecule has 3 nitrogen and oxygen atoms in total. The molecule has 0 heterocycles. The van der Waals surface area contributed by atoms with Crippen LogP contribution in [0.3, 0.4) is 0 Å². The molecular weight excluding hydrogens is 173 g/mol. The lowest BCUT2D eigenvalue weighted by atomic mass is 10.1. The van der Waals surface area contributed by atoms with Gasteiger partial charge in [0.2, 0.25) is 0 Å². The third-order valence-electron chi connectivity index (χ3n) is 1.97. The van der Waals surface area contributed by atoms with Gasteiger partial charge in [-0.05, 0) is 19.3 Å². The molecule has 12 heavy (non-hydrogen) atoms. The molecule has 0 bridgehead atoms. The van der Waals surface area contributed by atoms with Crippen molar-refractivity contribution in [3.05, 3.63) is 0 Å². The molecule has 1 fully saturated rings. The highest BCUT2D eigenvalue weighted by Crippen LogP contribution is 2.43. The third-order valence-corrected chi connectivity index (χ3v) is 2.78. The van der Waals surface area contributed by atoms with Crippen LogP contribution < -0.4 is 0 Å². The van der Waals surface area contributed by atoms with Crippen LogP contribution in [0.5, 0.6) is 0 Å². The highest BCUT2D eigenvalue weighted by Gasteiger charge is 2.27. The lowest BCUT2D eigenvalue weighted by molar-refractivity contribution is 0.214. The SMILES string of the molecule is CP(C)(=O)OC1CCC(C#N)C1. The third kappa shape index (κ3) is 2.97. The number of hydrogen-bond acceptors (Lipinski definition) is 3. The van der Waals surface area contributed by atoms with Crippen molar-refractivity contribution in [1.82, 2.24) is 0 Å². The molecule has 0 spiro atoms. The number of hydrogen-bond donors (Lipinski definition) is 0. The van der Waals surface area contributed by atoms with E-state index in [4.69, 9.17) is 9.79 Å². The van der Waals surface area contributed by atoms with Crippen LogP contribution >= 0.6 is 7.37 Å². The lowest BCUT2D eigenvalue weighted by Crippen LogP contribution is -2.05. The molecule has 0 N–H and O–H groups in total. The molecule has 0 aromatic carbocycles. The fraction of sp³-hybridized carbons (Fsp3) is 0.875. The molecule has 1 saturated carbocycles. The first kappa shape index (κ1) is 9.77. The van der Waals surface area contributed by atoms with E-state index in [-0.39, 0.29) is 12.0 Å². The summed E-state index contributed by atoms with van der Waals surface area (Å²) in [4.78, 5) is 0. The molecule has 1 aliphatic rings. The molecule has 0 aromatic heterocycles. The minimum atomic E-state index is -2.36. The van der Waals surface area contributed by atoms with E-state index in [0.29, 0.717) is 0 Å².